The molecule has 2 aromatic rings. The van der Waals surface area contributed by atoms with Gasteiger partial charge in [0.1, 0.15) is 5.75 Å². The van der Waals surface area contributed by atoms with E-state index in [4.69, 9.17) is 4.74 Å². The number of methoxy groups -OCH3 is 1. The Hall–Kier alpha value is -3.03. The van der Waals surface area contributed by atoms with Crippen LogP contribution < -0.4 is 0 Å². The Labute approximate surface area is 165 Å². The van der Waals surface area contributed by atoms with Crippen LogP contribution in [0.1, 0.15) is 28.7 Å². The number of halogens is 3. The second-order valence-corrected chi connectivity index (χ2v) is 7.02. The monoisotopic (exact) mass is 407 g/mol. The van der Waals surface area contributed by atoms with Crippen LogP contribution in [-0.2, 0) is 40.0 Å². The summed E-state index contributed by atoms with van der Waals surface area (Å²) in [5, 5.41) is 9.79. The highest BCUT2D eigenvalue weighted by Gasteiger charge is 2.33. The fourth-order valence-corrected chi connectivity index (χ4v) is 3.45. The van der Waals surface area contributed by atoms with Gasteiger partial charge in [-0.15, -0.1) is 0 Å². The molecule has 1 atom stereocenters. The van der Waals surface area contributed by atoms with Crippen LogP contribution in [0.4, 0.5) is 13.2 Å². The Morgan fingerprint density at radius 3 is 2.48 bits per heavy atom. The molecule has 1 amide bonds. The lowest BCUT2D eigenvalue weighted by atomic mass is 9.94. The predicted molar refractivity (Wildman–Crippen MR) is 97.6 cm³/mol. The van der Waals surface area contributed by atoms with Gasteiger partial charge in [0.2, 0.25) is 5.91 Å². The number of phenolic OH excluding ortho intramolecular Hbond substituents is 1. The minimum absolute atomic E-state index is 0.0529. The number of phenols is 1. The quantitative estimate of drug-likeness (QED) is 0.786. The maximum absolute atomic E-state index is 13.1. The zero-order valence-corrected chi connectivity index (χ0v) is 15.7. The molecule has 29 heavy (non-hydrogen) atoms. The summed E-state index contributed by atoms with van der Waals surface area (Å²) in [6, 6.07) is 9.41. The molecule has 154 valence electrons. The van der Waals surface area contributed by atoms with Crippen molar-refractivity contribution >= 4 is 11.9 Å². The average molecular weight is 407 g/mol. The van der Waals surface area contributed by atoms with Gasteiger partial charge in [-0.25, -0.2) is 0 Å². The summed E-state index contributed by atoms with van der Waals surface area (Å²) in [7, 11) is 1.25. The number of alkyl halides is 3. The van der Waals surface area contributed by atoms with Crippen molar-refractivity contribution in [1.29, 1.82) is 0 Å². The van der Waals surface area contributed by atoms with Crippen molar-refractivity contribution in [3.05, 3.63) is 64.7 Å². The number of carbonyl (C=O) groups is 2. The number of hydrogen-bond acceptors (Lipinski definition) is 4. The SMILES string of the molecule is COC(=O)C[C@@H]1Cc2ccc(O)cc2CN(Cc2ccc(C(F)(F)F)cc2)C1=O. The molecule has 0 spiro atoms. The van der Waals surface area contributed by atoms with Crippen LogP contribution in [0.5, 0.6) is 5.75 Å². The second kappa shape index (κ2) is 8.14. The van der Waals surface area contributed by atoms with Gasteiger partial charge in [0.15, 0.2) is 0 Å². The van der Waals surface area contributed by atoms with Crippen LogP contribution in [0.3, 0.4) is 0 Å². The van der Waals surface area contributed by atoms with Gasteiger partial charge in [0.25, 0.3) is 0 Å². The van der Waals surface area contributed by atoms with Crippen molar-refractivity contribution in [3.8, 4) is 5.75 Å². The fourth-order valence-electron chi connectivity index (χ4n) is 3.45. The van der Waals surface area contributed by atoms with E-state index in [1.807, 2.05) is 0 Å². The van der Waals surface area contributed by atoms with Crippen molar-refractivity contribution < 1.29 is 32.6 Å². The molecule has 0 aliphatic carbocycles. The molecule has 0 bridgehead atoms. The Morgan fingerprint density at radius 2 is 1.86 bits per heavy atom. The van der Waals surface area contributed by atoms with Crippen LogP contribution in [0, 0.1) is 5.92 Å². The molecule has 1 heterocycles. The van der Waals surface area contributed by atoms with Gasteiger partial charge in [0.05, 0.1) is 25.0 Å². The zero-order chi connectivity index (χ0) is 21.2. The molecule has 1 N–H and O–H groups in total. The Morgan fingerprint density at radius 1 is 1.17 bits per heavy atom. The Bertz CT molecular complexity index is 909. The molecule has 1 aliphatic heterocycles. The standard InChI is InChI=1S/C21H20F3NO4/c1-29-19(27)10-15-8-14-4-7-18(26)9-16(14)12-25(20(15)28)11-13-2-5-17(6-3-13)21(22,23)24/h2-7,9,15,26H,8,10-12H2,1H3/t15-/m0/s1. The highest BCUT2D eigenvalue weighted by atomic mass is 19.4. The first-order valence-electron chi connectivity index (χ1n) is 9.00. The number of esters is 1. The average Bonchev–Trinajstić information content (AvgIpc) is 2.79. The lowest BCUT2D eigenvalue weighted by Crippen LogP contribution is -2.35. The molecule has 0 unspecified atom stereocenters. The van der Waals surface area contributed by atoms with E-state index in [0.717, 1.165) is 23.3 Å². The number of rotatable bonds is 4. The molecule has 5 nitrogen and oxygen atoms in total. The number of carbonyl (C=O) groups excluding carboxylic acids is 2. The van der Waals surface area contributed by atoms with E-state index in [2.05, 4.69) is 0 Å². The Kier molecular flexibility index (Phi) is 5.81. The summed E-state index contributed by atoms with van der Waals surface area (Å²) in [6.45, 7) is 0.269. The minimum Gasteiger partial charge on any atom is -0.508 e. The molecular weight excluding hydrogens is 387 g/mol. The lowest BCUT2D eigenvalue weighted by Gasteiger charge is -2.24. The maximum Gasteiger partial charge on any atom is 0.416 e. The van der Waals surface area contributed by atoms with Gasteiger partial charge in [-0.05, 0) is 47.4 Å². The lowest BCUT2D eigenvalue weighted by molar-refractivity contribution is -0.147. The maximum atomic E-state index is 13.1. The summed E-state index contributed by atoms with van der Waals surface area (Å²) in [6.07, 6.45) is -4.22. The largest absolute Gasteiger partial charge is 0.508 e. The van der Waals surface area contributed by atoms with Crippen LogP contribution in [0.25, 0.3) is 0 Å². The van der Waals surface area contributed by atoms with E-state index in [-0.39, 0.29) is 31.2 Å². The van der Waals surface area contributed by atoms with Crippen LogP contribution in [0.2, 0.25) is 0 Å². The first-order chi connectivity index (χ1) is 13.7. The zero-order valence-electron chi connectivity index (χ0n) is 15.7. The molecule has 0 saturated carbocycles. The van der Waals surface area contributed by atoms with Crippen LogP contribution >= 0.6 is 0 Å². The minimum atomic E-state index is -4.43. The predicted octanol–water partition coefficient (Wildman–Crippen LogP) is 3.68. The number of fused-ring (bicyclic) bond motifs is 1. The molecule has 3 rings (SSSR count). The normalized spacial score (nSPS) is 16.9. The molecule has 0 saturated heterocycles. The van der Waals surface area contributed by atoms with Crippen LogP contribution in [-0.4, -0.2) is 29.0 Å². The van der Waals surface area contributed by atoms with Gasteiger partial charge in [-0.1, -0.05) is 18.2 Å². The fraction of sp³-hybridized carbons (Fsp3) is 0.333. The van der Waals surface area contributed by atoms with E-state index in [0.29, 0.717) is 12.0 Å². The highest BCUT2D eigenvalue weighted by Crippen LogP contribution is 2.31. The van der Waals surface area contributed by atoms with Gasteiger partial charge in [-0.2, -0.15) is 13.2 Å². The number of nitrogens with zero attached hydrogens (tertiary/aromatic N) is 1. The number of aromatic hydroxyl groups is 1. The van der Waals surface area contributed by atoms with Crippen molar-refractivity contribution in [2.24, 2.45) is 5.92 Å². The van der Waals surface area contributed by atoms with Crippen LogP contribution in [0.15, 0.2) is 42.5 Å². The third-order valence-electron chi connectivity index (χ3n) is 4.97. The third kappa shape index (κ3) is 4.88. The molecule has 2 aromatic carbocycles. The number of amides is 1. The molecule has 1 aliphatic rings. The van der Waals surface area contributed by atoms with Gasteiger partial charge in [0, 0.05) is 13.1 Å². The van der Waals surface area contributed by atoms with E-state index in [1.54, 1.807) is 12.1 Å². The molecular formula is C21H20F3NO4. The van der Waals surface area contributed by atoms with Gasteiger partial charge in [-0.3, -0.25) is 9.59 Å². The van der Waals surface area contributed by atoms with E-state index >= 15 is 0 Å². The second-order valence-electron chi connectivity index (χ2n) is 7.02. The van der Waals surface area contributed by atoms with Crippen molar-refractivity contribution in [3.63, 3.8) is 0 Å². The first-order valence-corrected chi connectivity index (χ1v) is 9.00. The molecule has 8 heteroatoms. The molecule has 0 radical (unpaired) electrons. The van der Waals surface area contributed by atoms with E-state index in [1.165, 1.54) is 30.2 Å². The summed E-state index contributed by atoms with van der Waals surface area (Å²) in [4.78, 5) is 26.3. The Balaban J connectivity index is 1.89. The van der Waals surface area contributed by atoms with E-state index < -0.39 is 23.6 Å². The smallest absolute Gasteiger partial charge is 0.416 e. The number of ether oxygens (including phenoxy) is 1. The van der Waals surface area contributed by atoms with Crippen molar-refractivity contribution in [2.75, 3.05) is 7.11 Å². The van der Waals surface area contributed by atoms with Gasteiger partial charge < -0.3 is 14.7 Å². The topological polar surface area (TPSA) is 66.8 Å². The molecule has 0 fully saturated rings. The summed E-state index contributed by atoms with van der Waals surface area (Å²) in [5.74, 6) is -1.40. The third-order valence-corrected chi connectivity index (χ3v) is 4.97. The van der Waals surface area contributed by atoms with Crippen molar-refractivity contribution in [1.82, 2.24) is 4.90 Å². The number of benzene rings is 2. The van der Waals surface area contributed by atoms with Crippen molar-refractivity contribution in [2.45, 2.75) is 32.1 Å². The number of hydrogen-bond donors (Lipinski definition) is 1. The van der Waals surface area contributed by atoms with Gasteiger partial charge >= 0.3 is 12.1 Å². The highest BCUT2D eigenvalue weighted by molar-refractivity contribution is 5.84. The molecule has 0 aromatic heterocycles. The van der Waals surface area contributed by atoms with E-state index in [9.17, 15) is 27.9 Å². The summed E-state index contributed by atoms with van der Waals surface area (Å²) >= 11 is 0. The summed E-state index contributed by atoms with van der Waals surface area (Å²) in [5.41, 5.74) is 1.34. The first kappa shape index (κ1) is 20.7. The summed E-state index contributed by atoms with van der Waals surface area (Å²) < 4.78 is 43.0.